The lowest BCUT2D eigenvalue weighted by atomic mass is 10.2. The molecule has 0 bridgehead atoms. The molecule has 5 N–H and O–H groups in total. The number of carbonyl (C=O) groups is 2. The third kappa shape index (κ3) is 7.19. The highest BCUT2D eigenvalue weighted by atomic mass is 16.4. The van der Waals surface area contributed by atoms with Crippen LogP contribution in [0.5, 0.6) is 0 Å². The Balaban J connectivity index is 3.52. The second-order valence-corrected chi connectivity index (χ2v) is 3.78. The molecule has 6 nitrogen and oxygen atoms in total. The molecule has 0 aromatic rings. The Morgan fingerprint density at radius 2 is 2.06 bits per heavy atom. The summed E-state index contributed by atoms with van der Waals surface area (Å²) >= 11 is 0. The molecule has 0 aromatic carbocycles. The Morgan fingerprint density at radius 1 is 1.44 bits per heavy atom. The highest BCUT2D eigenvalue weighted by Crippen LogP contribution is 1.89. The maximum atomic E-state index is 11.3. The number of nitrogens with two attached hydrogens (primary N) is 1. The van der Waals surface area contributed by atoms with Crippen LogP contribution in [0.25, 0.3) is 0 Å². The highest BCUT2D eigenvalue weighted by molar-refractivity contribution is 5.76. The van der Waals surface area contributed by atoms with Crippen LogP contribution in [0, 0.1) is 0 Å². The standard InChI is InChI=1S/C10H21N3O3/c1-3-7(2)13-9(14)4-5-12-6-8(11)10(15)16/h7-8,12H,3-6,11H2,1-2H3,(H,13,14)(H,15,16). The predicted octanol–water partition coefficient (Wildman–Crippen LogP) is -0.707. The van der Waals surface area contributed by atoms with E-state index in [1.807, 2.05) is 13.8 Å². The number of hydrogen-bond donors (Lipinski definition) is 4. The predicted molar refractivity (Wildman–Crippen MR) is 61.0 cm³/mol. The first-order valence-corrected chi connectivity index (χ1v) is 5.45. The van der Waals surface area contributed by atoms with Gasteiger partial charge in [-0.1, -0.05) is 6.92 Å². The van der Waals surface area contributed by atoms with Gasteiger partial charge in [0.1, 0.15) is 6.04 Å². The van der Waals surface area contributed by atoms with Crippen LogP contribution in [0.2, 0.25) is 0 Å². The fraction of sp³-hybridized carbons (Fsp3) is 0.800. The average Bonchev–Trinajstić information content (AvgIpc) is 2.23. The first-order valence-electron chi connectivity index (χ1n) is 5.45. The molecular formula is C10H21N3O3. The zero-order valence-electron chi connectivity index (χ0n) is 9.82. The SMILES string of the molecule is CCC(C)NC(=O)CCNCC(N)C(=O)O. The summed E-state index contributed by atoms with van der Waals surface area (Å²) in [6.45, 7) is 4.54. The van der Waals surface area contributed by atoms with E-state index in [1.54, 1.807) is 0 Å². The van der Waals surface area contributed by atoms with Crippen LogP contribution < -0.4 is 16.4 Å². The van der Waals surface area contributed by atoms with Gasteiger partial charge in [0.05, 0.1) is 0 Å². The molecule has 6 heteroatoms. The molecule has 0 spiro atoms. The van der Waals surface area contributed by atoms with E-state index in [1.165, 1.54) is 0 Å². The van der Waals surface area contributed by atoms with Crippen molar-refractivity contribution in [3.8, 4) is 0 Å². The normalized spacial score (nSPS) is 14.2. The fourth-order valence-electron chi connectivity index (χ4n) is 0.996. The van der Waals surface area contributed by atoms with E-state index in [0.717, 1.165) is 6.42 Å². The minimum atomic E-state index is -1.04. The molecule has 0 radical (unpaired) electrons. The number of rotatable bonds is 8. The van der Waals surface area contributed by atoms with Crippen molar-refractivity contribution in [2.24, 2.45) is 5.73 Å². The van der Waals surface area contributed by atoms with Crippen molar-refractivity contribution in [1.82, 2.24) is 10.6 Å². The average molecular weight is 231 g/mol. The van der Waals surface area contributed by atoms with Crippen molar-refractivity contribution in [2.45, 2.75) is 38.8 Å². The molecule has 2 unspecified atom stereocenters. The lowest BCUT2D eigenvalue weighted by Crippen LogP contribution is -2.41. The van der Waals surface area contributed by atoms with Crippen molar-refractivity contribution >= 4 is 11.9 Å². The van der Waals surface area contributed by atoms with E-state index < -0.39 is 12.0 Å². The molecule has 0 aromatic heterocycles. The monoisotopic (exact) mass is 231 g/mol. The zero-order valence-corrected chi connectivity index (χ0v) is 9.82. The quantitative estimate of drug-likeness (QED) is 0.413. The molecule has 2 atom stereocenters. The van der Waals surface area contributed by atoms with Crippen LogP contribution >= 0.6 is 0 Å². The molecule has 94 valence electrons. The largest absolute Gasteiger partial charge is 0.480 e. The van der Waals surface area contributed by atoms with Gasteiger partial charge in [0.25, 0.3) is 0 Å². The van der Waals surface area contributed by atoms with Crippen LogP contribution in [0.3, 0.4) is 0 Å². The number of carboxylic acids is 1. The van der Waals surface area contributed by atoms with Gasteiger partial charge in [0.15, 0.2) is 0 Å². The minimum Gasteiger partial charge on any atom is -0.480 e. The number of hydrogen-bond acceptors (Lipinski definition) is 4. The van der Waals surface area contributed by atoms with Gasteiger partial charge in [0, 0.05) is 25.6 Å². The smallest absolute Gasteiger partial charge is 0.321 e. The first kappa shape index (κ1) is 14.9. The lowest BCUT2D eigenvalue weighted by Gasteiger charge is -2.12. The minimum absolute atomic E-state index is 0.0363. The molecule has 0 heterocycles. The number of aliphatic carboxylic acids is 1. The molecule has 0 aliphatic heterocycles. The summed E-state index contributed by atoms with van der Waals surface area (Å²) in [4.78, 5) is 21.7. The van der Waals surface area contributed by atoms with Gasteiger partial charge in [0.2, 0.25) is 5.91 Å². The Morgan fingerprint density at radius 3 is 2.56 bits per heavy atom. The summed E-state index contributed by atoms with van der Waals surface area (Å²) in [6.07, 6.45) is 1.22. The summed E-state index contributed by atoms with van der Waals surface area (Å²) in [5.41, 5.74) is 5.27. The maximum absolute atomic E-state index is 11.3. The van der Waals surface area contributed by atoms with Gasteiger partial charge >= 0.3 is 5.97 Å². The molecular weight excluding hydrogens is 210 g/mol. The van der Waals surface area contributed by atoms with E-state index in [4.69, 9.17) is 10.8 Å². The Kier molecular flexibility index (Phi) is 7.49. The van der Waals surface area contributed by atoms with Gasteiger partial charge in [-0.3, -0.25) is 9.59 Å². The third-order valence-corrected chi connectivity index (χ3v) is 2.23. The van der Waals surface area contributed by atoms with Crippen LogP contribution in [0.1, 0.15) is 26.7 Å². The maximum Gasteiger partial charge on any atom is 0.321 e. The topological polar surface area (TPSA) is 104 Å². The second kappa shape index (κ2) is 8.06. The first-order chi connectivity index (χ1) is 7.47. The molecule has 0 aliphatic rings. The Bertz CT molecular complexity index is 233. The van der Waals surface area contributed by atoms with Crippen molar-refractivity contribution in [3.05, 3.63) is 0 Å². The summed E-state index contributed by atoms with van der Waals surface area (Å²) in [6, 6.07) is -0.744. The Labute approximate surface area is 95.6 Å². The van der Waals surface area contributed by atoms with E-state index in [9.17, 15) is 9.59 Å². The highest BCUT2D eigenvalue weighted by Gasteiger charge is 2.10. The van der Waals surface area contributed by atoms with Crippen LogP contribution in [0.4, 0.5) is 0 Å². The van der Waals surface area contributed by atoms with Crippen LogP contribution in [-0.4, -0.2) is 42.2 Å². The van der Waals surface area contributed by atoms with Gasteiger partial charge in [-0.2, -0.15) is 0 Å². The van der Waals surface area contributed by atoms with Gasteiger partial charge in [-0.25, -0.2) is 0 Å². The zero-order chi connectivity index (χ0) is 12.6. The summed E-state index contributed by atoms with van der Waals surface area (Å²) in [5, 5.41) is 14.1. The number of amides is 1. The Hall–Kier alpha value is -1.14. The van der Waals surface area contributed by atoms with Crippen LogP contribution in [-0.2, 0) is 9.59 Å². The van der Waals surface area contributed by atoms with Gasteiger partial charge < -0.3 is 21.5 Å². The number of nitrogens with one attached hydrogen (secondary N) is 2. The van der Waals surface area contributed by atoms with Crippen molar-refractivity contribution in [3.63, 3.8) is 0 Å². The molecule has 0 rings (SSSR count). The molecule has 0 fully saturated rings. The van der Waals surface area contributed by atoms with Gasteiger partial charge in [-0.15, -0.1) is 0 Å². The van der Waals surface area contributed by atoms with Crippen LogP contribution in [0.15, 0.2) is 0 Å². The van der Waals surface area contributed by atoms with E-state index in [-0.39, 0.29) is 18.5 Å². The number of carboxylic acid groups (broad SMARTS) is 1. The van der Waals surface area contributed by atoms with Crippen molar-refractivity contribution < 1.29 is 14.7 Å². The summed E-state index contributed by atoms with van der Waals surface area (Å²) < 4.78 is 0. The van der Waals surface area contributed by atoms with E-state index >= 15 is 0 Å². The van der Waals surface area contributed by atoms with Crippen molar-refractivity contribution in [2.75, 3.05) is 13.1 Å². The molecule has 1 amide bonds. The number of carbonyl (C=O) groups excluding carboxylic acids is 1. The van der Waals surface area contributed by atoms with Gasteiger partial charge in [-0.05, 0) is 13.3 Å². The summed E-state index contributed by atoms with van der Waals surface area (Å²) in [5.74, 6) is -1.08. The molecule has 16 heavy (non-hydrogen) atoms. The second-order valence-electron chi connectivity index (χ2n) is 3.78. The molecule has 0 aliphatic carbocycles. The fourth-order valence-corrected chi connectivity index (χ4v) is 0.996. The molecule has 0 saturated heterocycles. The van der Waals surface area contributed by atoms with E-state index in [0.29, 0.717) is 13.0 Å². The van der Waals surface area contributed by atoms with E-state index in [2.05, 4.69) is 10.6 Å². The lowest BCUT2D eigenvalue weighted by molar-refractivity contribution is -0.138. The summed E-state index contributed by atoms with van der Waals surface area (Å²) in [7, 11) is 0. The third-order valence-electron chi connectivity index (χ3n) is 2.23. The van der Waals surface area contributed by atoms with Crippen molar-refractivity contribution in [1.29, 1.82) is 0 Å². The molecule has 0 saturated carbocycles.